The van der Waals surface area contributed by atoms with Crippen molar-refractivity contribution >= 4 is 12.1 Å². The number of benzene rings is 1. The number of imidazole rings is 1. The number of ether oxygens (including phenoxy) is 3. The monoisotopic (exact) mass is 415 g/mol. The molecule has 1 amide bonds. The van der Waals surface area contributed by atoms with E-state index < -0.39 is 17.7 Å². The Labute approximate surface area is 176 Å². The van der Waals surface area contributed by atoms with Crippen LogP contribution in [-0.4, -0.2) is 64.5 Å². The molecular formula is C22H29N3O5. The maximum absolute atomic E-state index is 12.7. The van der Waals surface area contributed by atoms with Crippen molar-refractivity contribution in [2.24, 2.45) is 0 Å². The van der Waals surface area contributed by atoms with Crippen LogP contribution in [0.15, 0.2) is 36.9 Å². The minimum Gasteiger partial charge on any atom is -0.460 e. The summed E-state index contributed by atoms with van der Waals surface area (Å²) in [7, 11) is 1.61. The van der Waals surface area contributed by atoms with E-state index in [1.165, 1.54) is 0 Å². The third-order valence-electron chi connectivity index (χ3n) is 4.98. The average molecular weight is 415 g/mol. The van der Waals surface area contributed by atoms with Gasteiger partial charge in [-0.25, -0.2) is 14.6 Å². The second kappa shape index (κ2) is 8.87. The Balaban J connectivity index is 1.65. The van der Waals surface area contributed by atoms with Gasteiger partial charge >= 0.3 is 12.1 Å². The van der Waals surface area contributed by atoms with Gasteiger partial charge in [-0.2, -0.15) is 0 Å². The largest absolute Gasteiger partial charge is 0.460 e. The van der Waals surface area contributed by atoms with E-state index in [1.54, 1.807) is 30.6 Å². The highest BCUT2D eigenvalue weighted by Gasteiger charge is 2.38. The quantitative estimate of drug-likeness (QED) is 0.697. The predicted octanol–water partition coefficient (Wildman–Crippen LogP) is 3.36. The van der Waals surface area contributed by atoms with Crippen LogP contribution in [0.3, 0.4) is 0 Å². The predicted molar refractivity (Wildman–Crippen MR) is 111 cm³/mol. The first-order chi connectivity index (χ1) is 14.2. The van der Waals surface area contributed by atoms with Gasteiger partial charge in [0.15, 0.2) is 0 Å². The van der Waals surface area contributed by atoms with Crippen LogP contribution in [-0.2, 0) is 14.2 Å². The Morgan fingerprint density at radius 1 is 1.27 bits per heavy atom. The zero-order chi connectivity index (χ0) is 21.9. The summed E-state index contributed by atoms with van der Waals surface area (Å²) in [6.45, 7) is 7.81. The molecule has 8 heteroatoms. The van der Waals surface area contributed by atoms with E-state index in [4.69, 9.17) is 14.2 Å². The number of aromatic nitrogens is 2. The highest BCUT2D eigenvalue weighted by Crippen LogP contribution is 2.24. The summed E-state index contributed by atoms with van der Waals surface area (Å²) in [6, 6.07) is 5.20. The molecule has 30 heavy (non-hydrogen) atoms. The molecule has 8 nitrogen and oxygen atoms in total. The summed E-state index contributed by atoms with van der Waals surface area (Å²) in [5, 5.41) is 0. The van der Waals surface area contributed by atoms with Crippen molar-refractivity contribution in [3.63, 3.8) is 0 Å². The summed E-state index contributed by atoms with van der Waals surface area (Å²) in [5.74, 6) is -0.422. The minimum atomic E-state index is -0.600. The Hall–Kier alpha value is -2.87. The molecule has 162 valence electrons. The molecule has 0 bridgehead atoms. The Bertz CT molecular complexity index is 889. The molecule has 1 saturated heterocycles. The van der Waals surface area contributed by atoms with E-state index in [-0.39, 0.29) is 18.8 Å². The van der Waals surface area contributed by atoms with Crippen molar-refractivity contribution in [1.82, 2.24) is 14.5 Å². The molecule has 0 radical (unpaired) electrons. The number of carbonyl (C=O) groups excluding carboxylic acids is 2. The molecule has 3 rings (SSSR count). The number of methoxy groups -OCH3 is 1. The summed E-state index contributed by atoms with van der Waals surface area (Å²) < 4.78 is 18.3. The maximum atomic E-state index is 12.7. The molecule has 1 aromatic carbocycles. The van der Waals surface area contributed by atoms with Crippen LogP contribution in [0.1, 0.15) is 43.1 Å². The van der Waals surface area contributed by atoms with Gasteiger partial charge in [0.1, 0.15) is 12.2 Å². The van der Waals surface area contributed by atoms with Gasteiger partial charge in [0.25, 0.3) is 0 Å². The summed E-state index contributed by atoms with van der Waals surface area (Å²) in [5.41, 5.74) is 1.61. The first-order valence-electron chi connectivity index (χ1n) is 9.96. The lowest BCUT2D eigenvalue weighted by atomic mass is 10.1. The van der Waals surface area contributed by atoms with Crippen LogP contribution in [0.4, 0.5) is 4.79 Å². The number of likely N-dealkylation sites (tertiary alicyclic amines) is 1. The lowest BCUT2D eigenvalue weighted by Gasteiger charge is -2.28. The number of esters is 1. The summed E-state index contributed by atoms with van der Waals surface area (Å²) in [4.78, 5) is 30.8. The van der Waals surface area contributed by atoms with Crippen molar-refractivity contribution < 1.29 is 23.8 Å². The van der Waals surface area contributed by atoms with Crippen LogP contribution in [0.5, 0.6) is 0 Å². The maximum Gasteiger partial charge on any atom is 0.410 e. The van der Waals surface area contributed by atoms with E-state index in [2.05, 4.69) is 4.98 Å². The first-order valence-corrected chi connectivity index (χ1v) is 9.96. The van der Waals surface area contributed by atoms with Gasteiger partial charge in [-0.15, -0.1) is 0 Å². The molecule has 0 saturated carbocycles. The van der Waals surface area contributed by atoms with Crippen molar-refractivity contribution in [3.05, 3.63) is 48.0 Å². The van der Waals surface area contributed by atoms with Gasteiger partial charge in [-0.3, -0.25) is 4.90 Å². The second-order valence-electron chi connectivity index (χ2n) is 8.45. The molecule has 0 N–H and O–H groups in total. The normalized spacial score (nSPS) is 19.0. The Morgan fingerprint density at radius 2 is 2.03 bits per heavy atom. The zero-order valence-corrected chi connectivity index (χ0v) is 18.1. The van der Waals surface area contributed by atoms with Crippen molar-refractivity contribution in [3.8, 4) is 5.69 Å². The Kier molecular flexibility index (Phi) is 6.45. The molecule has 0 aliphatic carbocycles. The fourth-order valence-electron chi connectivity index (χ4n) is 3.45. The van der Waals surface area contributed by atoms with Crippen LogP contribution < -0.4 is 0 Å². The number of rotatable bonds is 5. The van der Waals surface area contributed by atoms with Crippen molar-refractivity contribution in [2.45, 2.75) is 51.9 Å². The van der Waals surface area contributed by atoms with Gasteiger partial charge < -0.3 is 18.8 Å². The zero-order valence-electron chi connectivity index (χ0n) is 18.1. The van der Waals surface area contributed by atoms with Crippen LogP contribution in [0.25, 0.3) is 5.69 Å². The molecule has 1 aromatic heterocycles. The molecule has 1 aliphatic heterocycles. The second-order valence-corrected chi connectivity index (χ2v) is 8.45. The van der Waals surface area contributed by atoms with E-state index in [9.17, 15) is 9.59 Å². The number of amides is 1. The van der Waals surface area contributed by atoms with Crippen molar-refractivity contribution in [2.75, 3.05) is 20.3 Å². The smallest absolute Gasteiger partial charge is 0.410 e. The van der Waals surface area contributed by atoms with Gasteiger partial charge in [-0.05, 0) is 57.9 Å². The number of hydrogen-bond acceptors (Lipinski definition) is 6. The molecule has 0 spiro atoms. The molecule has 2 atom stereocenters. The van der Waals surface area contributed by atoms with Crippen molar-refractivity contribution in [1.29, 1.82) is 0 Å². The number of nitrogens with zero attached hydrogens (tertiary/aromatic N) is 3. The van der Waals surface area contributed by atoms with E-state index >= 15 is 0 Å². The fraction of sp³-hybridized carbons (Fsp3) is 0.500. The molecule has 2 heterocycles. The van der Waals surface area contributed by atoms with Gasteiger partial charge in [0.2, 0.25) is 0 Å². The summed E-state index contributed by atoms with van der Waals surface area (Å²) in [6.07, 6.45) is 5.28. The van der Waals surface area contributed by atoms with Gasteiger partial charge in [0.05, 0.1) is 30.6 Å². The van der Waals surface area contributed by atoms with E-state index in [1.807, 2.05) is 50.6 Å². The van der Waals surface area contributed by atoms with Crippen LogP contribution >= 0.6 is 0 Å². The molecular weight excluding hydrogens is 386 g/mol. The fourth-order valence-corrected chi connectivity index (χ4v) is 3.45. The Morgan fingerprint density at radius 3 is 2.63 bits per heavy atom. The topological polar surface area (TPSA) is 82.9 Å². The molecule has 0 unspecified atom stereocenters. The minimum absolute atomic E-state index is 0.0840. The van der Waals surface area contributed by atoms with E-state index in [0.29, 0.717) is 18.5 Å². The highest BCUT2D eigenvalue weighted by molar-refractivity contribution is 5.91. The molecule has 1 fully saturated rings. The summed E-state index contributed by atoms with van der Waals surface area (Å²) >= 11 is 0. The standard InChI is InChI=1S/C22H29N3O5/c1-15-10-16(24-9-8-23-14-24)6-7-19(15)20(26)29-13-17-11-18(28-5)12-25(17)21(27)30-22(2,3)4/h6-10,14,17-18H,11-13H2,1-5H3/t17-,18+/m0/s1. The van der Waals surface area contributed by atoms with Crippen LogP contribution in [0, 0.1) is 6.92 Å². The van der Waals surface area contributed by atoms with Crippen LogP contribution in [0.2, 0.25) is 0 Å². The lowest BCUT2D eigenvalue weighted by molar-refractivity contribution is 0.00944. The number of aryl methyl sites for hydroxylation is 1. The van der Waals surface area contributed by atoms with E-state index in [0.717, 1.165) is 11.3 Å². The highest BCUT2D eigenvalue weighted by atomic mass is 16.6. The third-order valence-corrected chi connectivity index (χ3v) is 4.98. The average Bonchev–Trinajstić information content (AvgIpc) is 3.34. The van der Waals surface area contributed by atoms with Gasteiger partial charge in [-0.1, -0.05) is 0 Å². The lowest BCUT2D eigenvalue weighted by Crippen LogP contribution is -2.42. The first kappa shape index (κ1) is 21.8. The molecule has 2 aromatic rings. The number of carbonyl (C=O) groups is 2. The SMILES string of the molecule is CO[C@@H]1C[C@@H](COC(=O)c2ccc(-n3ccnc3)cc2C)N(C(=O)OC(C)(C)C)C1. The third kappa shape index (κ3) is 5.18. The molecule has 1 aliphatic rings. The number of hydrogen-bond donors (Lipinski definition) is 0. The van der Waals surface area contributed by atoms with Gasteiger partial charge in [0, 0.05) is 25.2 Å².